The highest BCUT2D eigenvalue weighted by Gasteiger charge is 2.32. The number of hydrogen-bond acceptors (Lipinski definition) is 5. The summed E-state index contributed by atoms with van der Waals surface area (Å²) in [5.41, 5.74) is 0.929. The lowest BCUT2D eigenvalue weighted by molar-refractivity contribution is -0.135. The number of piperazine rings is 1. The van der Waals surface area contributed by atoms with E-state index in [-0.39, 0.29) is 18.1 Å². The molecule has 4 rings (SSSR count). The molecule has 6 nitrogen and oxygen atoms in total. The predicted molar refractivity (Wildman–Crippen MR) is 102 cm³/mol. The van der Waals surface area contributed by atoms with Crippen molar-refractivity contribution < 1.29 is 19.0 Å². The molecule has 1 aromatic carbocycles. The summed E-state index contributed by atoms with van der Waals surface area (Å²) < 4.78 is 17.6. The van der Waals surface area contributed by atoms with E-state index in [1.165, 1.54) is 6.42 Å². The lowest BCUT2D eigenvalue weighted by Gasteiger charge is -2.35. The molecule has 148 valence electrons. The van der Waals surface area contributed by atoms with Gasteiger partial charge in [-0.15, -0.1) is 0 Å². The molecule has 0 radical (unpaired) electrons. The molecule has 1 atom stereocenters. The van der Waals surface area contributed by atoms with Gasteiger partial charge in [0.25, 0.3) is 5.91 Å². The van der Waals surface area contributed by atoms with Crippen LogP contribution in [-0.2, 0) is 16.0 Å². The summed E-state index contributed by atoms with van der Waals surface area (Å²) in [6.45, 7) is 9.40. The maximum Gasteiger partial charge on any atom is 0.260 e. The zero-order chi connectivity index (χ0) is 18.9. The van der Waals surface area contributed by atoms with Gasteiger partial charge >= 0.3 is 0 Å². The first-order chi connectivity index (χ1) is 13.0. The Hall–Kier alpha value is -1.79. The van der Waals surface area contributed by atoms with Crippen LogP contribution in [0.5, 0.6) is 11.5 Å². The van der Waals surface area contributed by atoms with Crippen molar-refractivity contribution in [2.75, 3.05) is 45.9 Å². The first-order valence-electron chi connectivity index (χ1n) is 10.1. The zero-order valence-electron chi connectivity index (χ0n) is 16.4. The fourth-order valence-electron chi connectivity index (χ4n) is 4.19. The van der Waals surface area contributed by atoms with Crippen LogP contribution < -0.4 is 9.47 Å². The van der Waals surface area contributed by atoms with Gasteiger partial charge in [0, 0.05) is 51.3 Å². The van der Waals surface area contributed by atoms with E-state index in [1.54, 1.807) is 0 Å². The van der Waals surface area contributed by atoms with Crippen LogP contribution in [-0.4, -0.2) is 73.3 Å². The SMILES string of the molecule is CC1(C)Cc2cccc(OCC(=O)N3CCN(CC4CCCO4)CC3)c2O1. The number of carbonyl (C=O) groups excluding carboxylic acids is 1. The molecular formula is C21H30N2O4. The van der Waals surface area contributed by atoms with Crippen molar-refractivity contribution in [1.29, 1.82) is 0 Å². The molecule has 0 spiro atoms. The smallest absolute Gasteiger partial charge is 0.260 e. The monoisotopic (exact) mass is 374 g/mol. The van der Waals surface area contributed by atoms with Crippen LogP contribution in [0.2, 0.25) is 0 Å². The van der Waals surface area contributed by atoms with E-state index in [2.05, 4.69) is 24.8 Å². The Kier molecular flexibility index (Phi) is 5.28. The number of rotatable bonds is 5. The van der Waals surface area contributed by atoms with E-state index in [9.17, 15) is 4.79 Å². The highest BCUT2D eigenvalue weighted by Crippen LogP contribution is 2.41. The fourth-order valence-corrected chi connectivity index (χ4v) is 4.19. The Morgan fingerprint density at radius 1 is 1.26 bits per heavy atom. The molecule has 27 heavy (non-hydrogen) atoms. The topological polar surface area (TPSA) is 51.2 Å². The lowest BCUT2D eigenvalue weighted by atomic mass is 10.0. The van der Waals surface area contributed by atoms with E-state index in [0.717, 1.165) is 63.5 Å². The third kappa shape index (κ3) is 4.38. The third-order valence-corrected chi connectivity index (χ3v) is 5.62. The lowest BCUT2D eigenvalue weighted by Crippen LogP contribution is -2.51. The first-order valence-corrected chi connectivity index (χ1v) is 10.1. The van der Waals surface area contributed by atoms with Crippen LogP contribution in [0.15, 0.2) is 18.2 Å². The van der Waals surface area contributed by atoms with Crippen molar-refractivity contribution in [3.63, 3.8) is 0 Å². The minimum atomic E-state index is -0.217. The number of fused-ring (bicyclic) bond motifs is 1. The van der Waals surface area contributed by atoms with Gasteiger partial charge in [-0.25, -0.2) is 0 Å². The summed E-state index contributed by atoms with van der Waals surface area (Å²) in [5, 5.41) is 0. The molecule has 6 heteroatoms. The van der Waals surface area contributed by atoms with Crippen molar-refractivity contribution in [3.8, 4) is 11.5 Å². The molecule has 3 aliphatic heterocycles. The van der Waals surface area contributed by atoms with Crippen LogP contribution in [0.3, 0.4) is 0 Å². The van der Waals surface area contributed by atoms with Gasteiger partial charge in [-0.2, -0.15) is 0 Å². The van der Waals surface area contributed by atoms with Gasteiger partial charge in [0.15, 0.2) is 18.1 Å². The van der Waals surface area contributed by atoms with Crippen molar-refractivity contribution >= 4 is 5.91 Å². The molecule has 1 unspecified atom stereocenters. The van der Waals surface area contributed by atoms with E-state index in [4.69, 9.17) is 14.2 Å². The standard InChI is InChI=1S/C21H30N2O4/c1-21(2)13-16-5-3-7-18(20(16)27-21)26-15-19(24)23-10-8-22(9-11-23)14-17-6-4-12-25-17/h3,5,7,17H,4,6,8-15H2,1-2H3. The minimum Gasteiger partial charge on any atom is -0.483 e. The van der Waals surface area contributed by atoms with Crippen molar-refractivity contribution in [2.45, 2.75) is 44.8 Å². The summed E-state index contributed by atoms with van der Waals surface area (Å²) in [6.07, 6.45) is 3.57. The van der Waals surface area contributed by atoms with Crippen LogP contribution in [0, 0.1) is 0 Å². The van der Waals surface area contributed by atoms with E-state index >= 15 is 0 Å². The van der Waals surface area contributed by atoms with Crippen molar-refractivity contribution in [1.82, 2.24) is 9.80 Å². The van der Waals surface area contributed by atoms with E-state index in [1.807, 2.05) is 17.0 Å². The zero-order valence-corrected chi connectivity index (χ0v) is 16.4. The Balaban J connectivity index is 1.26. The molecule has 0 aliphatic carbocycles. The maximum atomic E-state index is 12.6. The summed E-state index contributed by atoms with van der Waals surface area (Å²) in [4.78, 5) is 16.9. The number of nitrogens with zero attached hydrogens (tertiary/aromatic N) is 2. The van der Waals surface area contributed by atoms with Crippen LogP contribution in [0.1, 0.15) is 32.3 Å². The second-order valence-electron chi connectivity index (χ2n) is 8.39. The third-order valence-electron chi connectivity index (χ3n) is 5.62. The second kappa shape index (κ2) is 7.68. The number of ether oxygens (including phenoxy) is 3. The average Bonchev–Trinajstić information content (AvgIpc) is 3.26. The summed E-state index contributed by atoms with van der Waals surface area (Å²) in [7, 11) is 0. The maximum absolute atomic E-state index is 12.6. The second-order valence-corrected chi connectivity index (χ2v) is 8.39. The Morgan fingerprint density at radius 2 is 2.07 bits per heavy atom. The molecule has 2 fully saturated rings. The van der Waals surface area contributed by atoms with Gasteiger partial charge in [-0.3, -0.25) is 9.69 Å². The number of benzene rings is 1. The van der Waals surface area contributed by atoms with Crippen LogP contribution in [0.25, 0.3) is 0 Å². The molecule has 2 saturated heterocycles. The predicted octanol–water partition coefficient (Wildman–Crippen LogP) is 2.10. The molecule has 3 heterocycles. The molecule has 0 bridgehead atoms. The van der Waals surface area contributed by atoms with Crippen molar-refractivity contribution in [2.24, 2.45) is 0 Å². The molecular weight excluding hydrogens is 344 g/mol. The normalized spacial score (nSPS) is 24.5. The van der Waals surface area contributed by atoms with E-state index in [0.29, 0.717) is 11.9 Å². The molecule has 0 aromatic heterocycles. The Bertz CT molecular complexity index is 677. The largest absolute Gasteiger partial charge is 0.483 e. The Morgan fingerprint density at radius 3 is 2.81 bits per heavy atom. The molecule has 0 N–H and O–H groups in total. The van der Waals surface area contributed by atoms with Gasteiger partial charge in [0.05, 0.1) is 6.10 Å². The number of amides is 1. The number of carbonyl (C=O) groups is 1. The average molecular weight is 374 g/mol. The summed E-state index contributed by atoms with van der Waals surface area (Å²) in [5.74, 6) is 1.50. The van der Waals surface area contributed by atoms with Gasteiger partial charge in [0.1, 0.15) is 5.60 Å². The molecule has 0 saturated carbocycles. The quantitative estimate of drug-likeness (QED) is 0.790. The van der Waals surface area contributed by atoms with E-state index < -0.39 is 0 Å². The van der Waals surface area contributed by atoms with Crippen LogP contribution >= 0.6 is 0 Å². The highest BCUT2D eigenvalue weighted by atomic mass is 16.5. The Labute approximate surface area is 161 Å². The highest BCUT2D eigenvalue weighted by molar-refractivity contribution is 5.78. The summed E-state index contributed by atoms with van der Waals surface area (Å²) >= 11 is 0. The molecule has 1 aromatic rings. The van der Waals surface area contributed by atoms with Crippen molar-refractivity contribution in [3.05, 3.63) is 23.8 Å². The van der Waals surface area contributed by atoms with Gasteiger partial charge in [-0.05, 0) is 32.8 Å². The summed E-state index contributed by atoms with van der Waals surface area (Å²) in [6, 6.07) is 5.91. The molecule has 3 aliphatic rings. The number of hydrogen-bond donors (Lipinski definition) is 0. The first kappa shape index (κ1) is 18.6. The van der Waals surface area contributed by atoms with Gasteiger partial charge in [-0.1, -0.05) is 12.1 Å². The fraction of sp³-hybridized carbons (Fsp3) is 0.667. The van der Waals surface area contributed by atoms with Gasteiger partial charge in [0.2, 0.25) is 0 Å². The minimum absolute atomic E-state index is 0.0432. The molecule has 1 amide bonds. The van der Waals surface area contributed by atoms with Crippen LogP contribution in [0.4, 0.5) is 0 Å². The number of para-hydroxylation sites is 1. The van der Waals surface area contributed by atoms with Gasteiger partial charge < -0.3 is 19.1 Å².